The first-order valence-corrected chi connectivity index (χ1v) is 7.79. The molecule has 0 saturated carbocycles. The molecule has 0 amide bonds. The largest absolute Gasteiger partial charge is 0.459 e. The highest BCUT2D eigenvalue weighted by Crippen LogP contribution is 2.27. The lowest BCUT2D eigenvalue weighted by Gasteiger charge is -2.17. The van der Waals surface area contributed by atoms with E-state index in [0.29, 0.717) is 0 Å². The number of fused-ring (bicyclic) bond motifs is 1. The zero-order valence-corrected chi connectivity index (χ0v) is 13.6. The summed E-state index contributed by atoms with van der Waals surface area (Å²) in [6.45, 7) is 4.21. The summed E-state index contributed by atoms with van der Waals surface area (Å²) in [6, 6.07) is 14.4. The maximum atomic E-state index is 5.92. The number of halogens is 1. The molecule has 1 unspecified atom stereocenters. The molecule has 0 bridgehead atoms. The van der Waals surface area contributed by atoms with Gasteiger partial charge in [0.2, 0.25) is 0 Å². The second-order valence-corrected chi connectivity index (χ2v) is 6.11. The Balaban J connectivity index is 1.79. The minimum Gasteiger partial charge on any atom is -0.459 e. The van der Waals surface area contributed by atoms with Crippen molar-refractivity contribution in [3.63, 3.8) is 0 Å². The van der Waals surface area contributed by atoms with Crippen molar-refractivity contribution in [3.05, 3.63) is 64.6 Å². The van der Waals surface area contributed by atoms with Gasteiger partial charge in [-0.3, -0.25) is 10.3 Å². The molecule has 3 nitrogen and oxygen atoms in total. The molecule has 0 aliphatic carbocycles. The predicted octanol–water partition coefficient (Wildman–Crippen LogP) is 5.00. The van der Waals surface area contributed by atoms with Crippen LogP contribution in [-0.2, 0) is 0 Å². The normalized spacial score (nSPS) is 14.2. The fraction of sp³-hybridized carbons (Fsp3) is 0.235. The first kappa shape index (κ1) is 14.3. The zero-order chi connectivity index (χ0) is 14.8. The van der Waals surface area contributed by atoms with Gasteiger partial charge < -0.3 is 4.42 Å². The Morgan fingerprint density at radius 3 is 2.71 bits per heavy atom. The van der Waals surface area contributed by atoms with Gasteiger partial charge in [-0.15, -0.1) is 0 Å². The molecular weight excluding hydrogens is 328 g/mol. The second-order valence-electron chi connectivity index (χ2n) is 5.20. The quantitative estimate of drug-likeness (QED) is 0.723. The monoisotopic (exact) mass is 344 g/mol. The molecule has 3 rings (SSSR count). The summed E-state index contributed by atoms with van der Waals surface area (Å²) in [5.41, 5.74) is 1.94. The molecule has 0 radical (unpaired) electrons. The molecule has 0 spiro atoms. The topological polar surface area (TPSA) is 38.1 Å². The predicted molar refractivity (Wildman–Crippen MR) is 88.1 cm³/mol. The third-order valence-corrected chi connectivity index (χ3v) is 4.05. The first-order valence-electron chi connectivity index (χ1n) is 6.99. The number of pyridine rings is 1. The van der Waals surface area contributed by atoms with Crippen molar-refractivity contribution < 1.29 is 4.42 Å². The Hall–Kier alpha value is -1.65. The van der Waals surface area contributed by atoms with E-state index in [1.54, 1.807) is 0 Å². The van der Waals surface area contributed by atoms with Crippen molar-refractivity contribution in [3.8, 4) is 0 Å². The fourth-order valence-corrected chi connectivity index (χ4v) is 2.80. The van der Waals surface area contributed by atoms with Crippen LogP contribution in [0.25, 0.3) is 11.0 Å². The molecule has 2 heterocycles. The number of furan rings is 1. The van der Waals surface area contributed by atoms with E-state index >= 15 is 0 Å². The zero-order valence-electron chi connectivity index (χ0n) is 12.0. The van der Waals surface area contributed by atoms with E-state index in [0.717, 1.165) is 26.9 Å². The molecule has 1 N–H and O–H groups in total. The molecule has 2 atom stereocenters. The van der Waals surface area contributed by atoms with Crippen LogP contribution >= 0.6 is 15.9 Å². The smallest absolute Gasteiger partial charge is 0.134 e. The number of aromatic nitrogens is 1. The minimum absolute atomic E-state index is 0.119. The average molecular weight is 345 g/mol. The lowest BCUT2D eigenvalue weighted by Crippen LogP contribution is -2.22. The molecule has 1 aromatic carbocycles. The summed E-state index contributed by atoms with van der Waals surface area (Å²) in [5.74, 6) is 0.936. The molecule has 0 saturated heterocycles. The molecule has 0 aliphatic rings. The molecule has 4 heteroatoms. The highest BCUT2D eigenvalue weighted by Gasteiger charge is 2.15. The Morgan fingerprint density at radius 2 is 1.95 bits per heavy atom. The van der Waals surface area contributed by atoms with Crippen molar-refractivity contribution in [2.24, 2.45) is 0 Å². The van der Waals surface area contributed by atoms with E-state index in [2.05, 4.69) is 52.2 Å². The Kier molecular flexibility index (Phi) is 4.08. The van der Waals surface area contributed by atoms with E-state index in [9.17, 15) is 0 Å². The van der Waals surface area contributed by atoms with Crippen LogP contribution in [-0.4, -0.2) is 4.98 Å². The summed E-state index contributed by atoms with van der Waals surface area (Å²) >= 11 is 3.48. The molecule has 2 aromatic heterocycles. The molecule has 0 aliphatic heterocycles. The van der Waals surface area contributed by atoms with Crippen molar-refractivity contribution >= 4 is 26.9 Å². The van der Waals surface area contributed by atoms with Gasteiger partial charge in [-0.05, 0) is 50.2 Å². The molecule has 0 fully saturated rings. The average Bonchev–Trinajstić information content (AvgIpc) is 2.91. The van der Waals surface area contributed by atoms with Gasteiger partial charge in [-0.25, -0.2) is 0 Å². The standard InChI is InChI=1S/C17H17BrN2O/c1-11(15-5-3-4-8-19-15)20-12(2)17-10-13-9-14(18)6-7-16(13)21-17/h3-12,20H,1-2H3/t11-,12?/m0/s1. The highest BCUT2D eigenvalue weighted by molar-refractivity contribution is 9.10. The van der Waals surface area contributed by atoms with Crippen molar-refractivity contribution in [2.75, 3.05) is 0 Å². The molecule has 21 heavy (non-hydrogen) atoms. The van der Waals surface area contributed by atoms with Gasteiger partial charge >= 0.3 is 0 Å². The van der Waals surface area contributed by atoms with Crippen LogP contribution in [0.4, 0.5) is 0 Å². The van der Waals surface area contributed by atoms with Crippen LogP contribution in [0.2, 0.25) is 0 Å². The summed E-state index contributed by atoms with van der Waals surface area (Å²) in [5, 5.41) is 4.63. The lowest BCUT2D eigenvalue weighted by atomic mass is 10.1. The molecule has 108 valence electrons. The highest BCUT2D eigenvalue weighted by atomic mass is 79.9. The minimum atomic E-state index is 0.119. The Bertz CT molecular complexity index is 739. The van der Waals surface area contributed by atoms with Gasteiger partial charge in [0.1, 0.15) is 11.3 Å². The van der Waals surface area contributed by atoms with Crippen molar-refractivity contribution in [1.82, 2.24) is 10.3 Å². The van der Waals surface area contributed by atoms with Crippen molar-refractivity contribution in [2.45, 2.75) is 25.9 Å². The Morgan fingerprint density at radius 1 is 1.10 bits per heavy atom. The fourth-order valence-electron chi connectivity index (χ4n) is 2.42. The van der Waals surface area contributed by atoms with Gasteiger partial charge in [-0.1, -0.05) is 22.0 Å². The maximum absolute atomic E-state index is 5.92. The summed E-state index contributed by atoms with van der Waals surface area (Å²) in [4.78, 5) is 4.38. The van der Waals surface area contributed by atoms with Crippen LogP contribution in [0.15, 0.2) is 57.6 Å². The summed E-state index contributed by atoms with van der Waals surface area (Å²) in [6.07, 6.45) is 1.82. The van der Waals surface area contributed by atoms with Gasteiger partial charge in [0.05, 0.1) is 11.7 Å². The lowest BCUT2D eigenvalue weighted by molar-refractivity contribution is 0.413. The van der Waals surface area contributed by atoms with E-state index in [4.69, 9.17) is 4.42 Å². The number of nitrogens with zero attached hydrogens (tertiary/aromatic N) is 1. The van der Waals surface area contributed by atoms with E-state index in [1.807, 2.05) is 36.5 Å². The first-order chi connectivity index (χ1) is 10.1. The summed E-state index contributed by atoms with van der Waals surface area (Å²) < 4.78 is 6.98. The van der Waals surface area contributed by atoms with Crippen molar-refractivity contribution in [1.29, 1.82) is 0 Å². The van der Waals surface area contributed by atoms with Gasteiger partial charge in [0, 0.05) is 22.1 Å². The van der Waals surface area contributed by atoms with Crippen LogP contribution in [0.5, 0.6) is 0 Å². The summed E-state index contributed by atoms with van der Waals surface area (Å²) in [7, 11) is 0. The van der Waals surface area contributed by atoms with Crippen LogP contribution in [0.3, 0.4) is 0 Å². The van der Waals surface area contributed by atoms with E-state index in [-0.39, 0.29) is 12.1 Å². The maximum Gasteiger partial charge on any atom is 0.134 e. The van der Waals surface area contributed by atoms with E-state index < -0.39 is 0 Å². The third-order valence-electron chi connectivity index (χ3n) is 3.56. The number of nitrogens with one attached hydrogen (secondary N) is 1. The van der Waals surface area contributed by atoms with Gasteiger partial charge in [-0.2, -0.15) is 0 Å². The Labute approximate surface area is 132 Å². The van der Waals surface area contributed by atoms with E-state index in [1.165, 1.54) is 0 Å². The number of benzene rings is 1. The van der Waals surface area contributed by atoms with Crippen LogP contribution in [0, 0.1) is 0 Å². The van der Waals surface area contributed by atoms with Crippen LogP contribution < -0.4 is 5.32 Å². The molecule has 3 aromatic rings. The SMILES string of the molecule is CC(N[C@@H](C)c1ccccn1)c1cc2cc(Br)ccc2o1. The molecular formula is C17H17BrN2O. The third kappa shape index (κ3) is 3.17. The number of rotatable bonds is 4. The second kappa shape index (κ2) is 6.00. The van der Waals surface area contributed by atoms with Gasteiger partial charge in [0.15, 0.2) is 0 Å². The number of hydrogen-bond donors (Lipinski definition) is 1. The number of hydrogen-bond acceptors (Lipinski definition) is 3. The van der Waals surface area contributed by atoms with Gasteiger partial charge in [0.25, 0.3) is 0 Å². The van der Waals surface area contributed by atoms with Crippen LogP contribution in [0.1, 0.15) is 37.4 Å².